The number of methoxy groups -OCH3 is 1. The van der Waals surface area contributed by atoms with Crippen molar-refractivity contribution in [2.45, 2.75) is 18.9 Å². The second-order valence-electron chi connectivity index (χ2n) is 5.73. The molecule has 0 aromatic carbocycles. The molecule has 7 nitrogen and oxygen atoms in total. The highest BCUT2D eigenvalue weighted by Gasteiger charge is 2.27. The molecular weight excluding hydrogens is 308 g/mol. The fraction of sp³-hybridized carbons (Fsp3) is 0.471. The molecule has 0 saturated carbocycles. The van der Waals surface area contributed by atoms with E-state index in [0.29, 0.717) is 31.2 Å². The maximum atomic E-state index is 12.9. The number of likely N-dealkylation sites (tertiary alicyclic amines) is 1. The molecule has 1 unspecified atom stereocenters. The Hall–Kier alpha value is -2.41. The standard InChI is InChI=1S/C17H22N4O3/c1-23-11-12-24-16-15(6-2-7-18-16)17(22)20-9-3-5-14(13-20)21-10-4-8-19-21/h2,4,6-8,10,14H,3,5,9,11-13H2,1H3. The van der Waals surface area contributed by atoms with Crippen molar-refractivity contribution < 1.29 is 14.3 Å². The fourth-order valence-electron chi connectivity index (χ4n) is 2.91. The highest BCUT2D eigenvalue weighted by Crippen LogP contribution is 2.24. The van der Waals surface area contributed by atoms with E-state index >= 15 is 0 Å². The maximum absolute atomic E-state index is 12.9. The van der Waals surface area contributed by atoms with Gasteiger partial charge < -0.3 is 14.4 Å². The Bertz CT molecular complexity index is 660. The minimum absolute atomic E-state index is 0.0487. The summed E-state index contributed by atoms with van der Waals surface area (Å²) in [6.45, 7) is 2.20. The van der Waals surface area contributed by atoms with E-state index in [1.165, 1.54) is 0 Å². The summed E-state index contributed by atoms with van der Waals surface area (Å²) >= 11 is 0. The summed E-state index contributed by atoms with van der Waals surface area (Å²) in [5, 5.41) is 4.30. The Labute approximate surface area is 141 Å². The van der Waals surface area contributed by atoms with Crippen LogP contribution in [0.1, 0.15) is 29.2 Å². The van der Waals surface area contributed by atoms with Crippen LogP contribution in [0.3, 0.4) is 0 Å². The van der Waals surface area contributed by atoms with E-state index in [0.717, 1.165) is 19.4 Å². The van der Waals surface area contributed by atoms with Crippen molar-refractivity contribution in [3.63, 3.8) is 0 Å². The monoisotopic (exact) mass is 330 g/mol. The van der Waals surface area contributed by atoms with Crippen LogP contribution >= 0.6 is 0 Å². The molecule has 3 heterocycles. The van der Waals surface area contributed by atoms with Gasteiger partial charge in [-0.15, -0.1) is 0 Å². The molecule has 1 amide bonds. The first-order valence-corrected chi connectivity index (χ1v) is 8.14. The molecule has 3 rings (SSSR count). The molecule has 2 aromatic rings. The first-order chi connectivity index (χ1) is 11.8. The van der Waals surface area contributed by atoms with E-state index < -0.39 is 0 Å². The molecule has 0 spiro atoms. The van der Waals surface area contributed by atoms with Crippen molar-refractivity contribution in [2.75, 3.05) is 33.4 Å². The fourth-order valence-corrected chi connectivity index (χ4v) is 2.91. The summed E-state index contributed by atoms with van der Waals surface area (Å²) in [4.78, 5) is 19.0. The smallest absolute Gasteiger partial charge is 0.259 e. The number of rotatable bonds is 6. The van der Waals surface area contributed by atoms with Crippen LogP contribution in [0.25, 0.3) is 0 Å². The Balaban J connectivity index is 1.71. The van der Waals surface area contributed by atoms with Crippen molar-refractivity contribution in [1.82, 2.24) is 19.7 Å². The molecule has 7 heteroatoms. The molecule has 2 aromatic heterocycles. The maximum Gasteiger partial charge on any atom is 0.259 e. The highest BCUT2D eigenvalue weighted by atomic mass is 16.5. The topological polar surface area (TPSA) is 69.5 Å². The molecule has 128 valence electrons. The average molecular weight is 330 g/mol. The third-order valence-electron chi connectivity index (χ3n) is 4.11. The molecule has 1 aliphatic heterocycles. The van der Waals surface area contributed by atoms with Gasteiger partial charge in [0, 0.05) is 38.8 Å². The van der Waals surface area contributed by atoms with Gasteiger partial charge in [-0.25, -0.2) is 4.98 Å². The number of carbonyl (C=O) groups is 1. The van der Waals surface area contributed by atoms with Crippen LogP contribution in [-0.2, 0) is 4.74 Å². The van der Waals surface area contributed by atoms with Crippen LogP contribution in [-0.4, -0.2) is 59.0 Å². The first-order valence-electron chi connectivity index (χ1n) is 8.14. The van der Waals surface area contributed by atoms with E-state index in [1.807, 2.05) is 21.8 Å². The van der Waals surface area contributed by atoms with E-state index in [-0.39, 0.29) is 11.9 Å². The third-order valence-corrected chi connectivity index (χ3v) is 4.11. The number of pyridine rings is 1. The van der Waals surface area contributed by atoms with Crippen molar-refractivity contribution >= 4 is 5.91 Å². The number of carbonyl (C=O) groups excluding carboxylic acids is 1. The second-order valence-corrected chi connectivity index (χ2v) is 5.73. The lowest BCUT2D eigenvalue weighted by Crippen LogP contribution is -2.41. The number of piperidine rings is 1. The van der Waals surface area contributed by atoms with Gasteiger partial charge >= 0.3 is 0 Å². The largest absolute Gasteiger partial charge is 0.475 e. The minimum Gasteiger partial charge on any atom is -0.475 e. The van der Waals surface area contributed by atoms with Crippen molar-refractivity contribution in [1.29, 1.82) is 0 Å². The zero-order chi connectivity index (χ0) is 16.8. The number of ether oxygens (including phenoxy) is 2. The molecule has 0 aliphatic carbocycles. The predicted molar refractivity (Wildman–Crippen MR) is 88.0 cm³/mol. The molecular formula is C17H22N4O3. The molecule has 0 radical (unpaired) electrons. The lowest BCUT2D eigenvalue weighted by Gasteiger charge is -2.33. The lowest BCUT2D eigenvalue weighted by molar-refractivity contribution is 0.0665. The summed E-state index contributed by atoms with van der Waals surface area (Å²) in [6, 6.07) is 5.64. The van der Waals surface area contributed by atoms with Gasteiger partial charge in [-0.1, -0.05) is 0 Å². The molecule has 0 bridgehead atoms. The van der Waals surface area contributed by atoms with Gasteiger partial charge in [0.1, 0.15) is 12.2 Å². The van der Waals surface area contributed by atoms with Crippen LogP contribution in [0.2, 0.25) is 0 Å². The second kappa shape index (κ2) is 7.92. The van der Waals surface area contributed by atoms with Crippen LogP contribution in [0.15, 0.2) is 36.8 Å². The predicted octanol–water partition coefficient (Wildman–Crippen LogP) is 1.78. The Kier molecular flexibility index (Phi) is 5.43. The number of amides is 1. The van der Waals surface area contributed by atoms with E-state index in [9.17, 15) is 4.79 Å². The quantitative estimate of drug-likeness (QED) is 0.755. The van der Waals surface area contributed by atoms with Crippen LogP contribution < -0.4 is 4.74 Å². The van der Waals surface area contributed by atoms with Gasteiger partial charge in [-0.3, -0.25) is 9.48 Å². The molecule has 1 saturated heterocycles. The number of hydrogen-bond acceptors (Lipinski definition) is 5. The zero-order valence-electron chi connectivity index (χ0n) is 13.8. The van der Waals surface area contributed by atoms with Crippen molar-refractivity contribution in [3.05, 3.63) is 42.4 Å². The van der Waals surface area contributed by atoms with Crippen LogP contribution in [0.5, 0.6) is 5.88 Å². The molecule has 1 aliphatic rings. The van der Waals surface area contributed by atoms with Crippen molar-refractivity contribution in [3.8, 4) is 5.88 Å². The van der Waals surface area contributed by atoms with Gasteiger partial charge in [0.2, 0.25) is 5.88 Å². The molecule has 24 heavy (non-hydrogen) atoms. The zero-order valence-corrected chi connectivity index (χ0v) is 13.8. The summed E-state index contributed by atoms with van der Waals surface area (Å²) in [5.41, 5.74) is 0.495. The Morgan fingerprint density at radius 2 is 2.25 bits per heavy atom. The van der Waals surface area contributed by atoms with Gasteiger partial charge in [0.15, 0.2) is 0 Å². The number of hydrogen-bond donors (Lipinski definition) is 0. The van der Waals surface area contributed by atoms with E-state index in [4.69, 9.17) is 9.47 Å². The normalized spacial score (nSPS) is 17.7. The molecule has 1 fully saturated rings. The summed E-state index contributed by atoms with van der Waals surface area (Å²) in [5.74, 6) is 0.313. The number of nitrogens with zero attached hydrogens (tertiary/aromatic N) is 4. The number of aromatic nitrogens is 3. The van der Waals surface area contributed by atoms with Gasteiger partial charge in [-0.05, 0) is 31.0 Å². The summed E-state index contributed by atoms with van der Waals surface area (Å²) in [7, 11) is 1.61. The molecule has 0 N–H and O–H groups in total. The van der Waals surface area contributed by atoms with E-state index in [2.05, 4.69) is 10.1 Å². The van der Waals surface area contributed by atoms with Gasteiger partial charge in [0.05, 0.1) is 12.6 Å². The van der Waals surface area contributed by atoms with Gasteiger partial charge in [0.25, 0.3) is 5.91 Å². The average Bonchev–Trinajstić information content (AvgIpc) is 3.17. The lowest BCUT2D eigenvalue weighted by atomic mass is 10.0. The first kappa shape index (κ1) is 16.4. The minimum atomic E-state index is -0.0487. The van der Waals surface area contributed by atoms with Crippen LogP contribution in [0, 0.1) is 0 Å². The Morgan fingerprint density at radius 3 is 3.04 bits per heavy atom. The summed E-state index contributed by atoms with van der Waals surface area (Å²) < 4.78 is 12.5. The SMILES string of the molecule is COCCOc1ncccc1C(=O)N1CCCC(n2cccn2)C1. The molecule has 1 atom stereocenters. The van der Waals surface area contributed by atoms with Crippen LogP contribution in [0.4, 0.5) is 0 Å². The Morgan fingerprint density at radius 1 is 1.33 bits per heavy atom. The van der Waals surface area contributed by atoms with E-state index in [1.54, 1.807) is 31.6 Å². The third kappa shape index (κ3) is 3.73. The van der Waals surface area contributed by atoms with Gasteiger partial charge in [-0.2, -0.15) is 5.10 Å². The summed E-state index contributed by atoms with van der Waals surface area (Å²) in [6.07, 6.45) is 7.32. The highest BCUT2D eigenvalue weighted by molar-refractivity contribution is 5.96. The van der Waals surface area contributed by atoms with Crippen molar-refractivity contribution in [2.24, 2.45) is 0 Å².